The Hall–Kier alpha value is -3.07. The van der Waals surface area contributed by atoms with Gasteiger partial charge in [0, 0.05) is 6.20 Å². The summed E-state index contributed by atoms with van der Waals surface area (Å²) in [5.41, 5.74) is 8.11. The van der Waals surface area contributed by atoms with Crippen LogP contribution in [0.5, 0.6) is 5.88 Å². The highest BCUT2D eigenvalue weighted by Crippen LogP contribution is 2.43. The molecule has 25 heavy (non-hydrogen) atoms. The number of hydrogen-bond acceptors (Lipinski definition) is 5. The summed E-state index contributed by atoms with van der Waals surface area (Å²) < 4.78 is 7.80. The van der Waals surface area contributed by atoms with Crippen LogP contribution in [-0.2, 0) is 6.61 Å². The van der Waals surface area contributed by atoms with Crippen molar-refractivity contribution < 1.29 is 4.74 Å². The third-order valence-corrected chi connectivity index (χ3v) is 4.61. The molecular formula is C19H19N5O. The van der Waals surface area contributed by atoms with E-state index in [1.54, 1.807) is 6.20 Å². The van der Waals surface area contributed by atoms with Crippen LogP contribution in [0.2, 0.25) is 0 Å². The minimum atomic E-state index is 0.0640. The van der Waals surface area contributed by atoms with Crippen molar-refractivity contribution in [2.75, 3.05) is 5.73 Å². The van der Waals surface area contributed by atoms with Crippen molar-refractivity contribution in [3.8, 4) is 11.9 Å². The van der Waals surface area contributed by atoms with Gasteiger partial charge in [0.05, 0.1) is 24.0 Å². The SMILES string of the molecule is N#CC[C@@H](C1CC1)n1nc(N)c2c(OCc3ccccc3)nccc21. The van der Waals surface area contributed by atoms with Gasteiger partial charge in [-0.15, -0.1) is 0 Å². The number of fused-ring (bicyclic) bond motifs is 1. The summed E-state index contributed by atoms with van der Waals surface area (Å²) in [6, 6.07) is 14.2. The average molecular weight is 333 g/mol. The zero-order chi connectivity index (χ0) is 17.2. The third kappa shape index (κ3) is 3.01. The fourth-order valence-corrected chi connectivity index (χ4v) is 3.20. The molecule has 6 heteroatoms. The first-order valence-electron chi connectivity index (χ1n) is 8.44. The van der Waals surface area contributed by atoms with Gasteiger partial charge in [-0.1, -0.05) is 30.3 Å². The molecule has 6 nitrogen and oxygen atoms in total. The molecule has 0 bridgehead atoms. The molecule has 1 aliphatic rings. The van der Waals surface area contributed by atoms with Crippen molar-refractivity contribution in [3.63, 3.8) is 0 Å². The lowest BCUT2D eigenvalue weighted by atomic mass is 10.1. The highest BCUT2D eigenvalue weighted by atomic mass is 16.5. The quantitative estimate of drug-likeness (QED) is 0.746. The standard InChI is InChI=1S/C19H19N5O/c20-10-8-15(14-6-7-14)24-16-9-11-22-19(17(16)18(21)23-24)25-12-13-4-2-1-3-5-13/h1-5,9,11,14-15H,6-8,12H2,(H2,21,23)/t15-/m0/s1. The van der Waals surface area contributed by atoms with E-state index in [0.717, 1.165) is 29.3 Å². The predicted octanol–water partition coefficient (Wildman–Crippen LogP) is 3.46. The predicted molar refractivity (Wildman–Crippen MR) is 94.7 cm³/mol. The fourth-order valence-electron chi connectivity index (χ4n) is 3.20. The molecule has 2 aromatic heterocycles. The minimum absolute atomic E-state index is 0.0640. The molecule has 3 aromatic rings. The maximum atomic E-state index is 9.16. The third-order valence-electron chi connectivity index (χ3n) is 4.61. The molecule has 1 saturated carbocycles. The summed E-state index contributed by atoms with van der Waals surface area (Å²) in [5.74, 6) is 1.38. The first-order chi connectivity index (χ1) is 12.3. The largest absolute Gasteiger partial charge is 0.472 e. The molecule has 4 rings (SSSR count). The Morgan fingerprint density at radius 2 is 2.08 bits per heavy atom. The Morgan fingerprint density at radius 1 is 1.28 bits per heavy atom. The van der Waals surface area contributed by atoms with Crippen molar-refractivity contribution in [1.29, 1.82) is 5.26 Å². The molecule has 2 N–H and O–H groups in total. The van der Waals surface area contributed by atoms with Crippen LogP contribution in [0.1, 0.15) is 30.9 Å². The van der Waals surface area contributed by atoms with E-state index in [-0.39, 0.29) is 6.04 Å². The second-order valence-electron chi connectivity index (χ2n) is 6.38. The second-order valence-corrected chi connectivity index (χ2v) is 6.38. The Balaban J connectivity index is 1.68. The lowest BCUT2D eigenvalue weighted by Gasteiger charge is -2.14. The van der Waals surface area contributed by atoms with Gasteiger partial charge in [-0.2, -0.15) is 10.4 Å². The van der Waals surface area contributed by atoms with Gasteiger partial charge in [0.2, 0.25) is 5.88 Å². The zero-order valence-electron chi connectivity index (χ0n) is 13.8. The summed E-state index contributed by atoms with van der Waals surface area (Å²) in [5, 5.41) is 14.4. The maximum Gasteiger partial charge on any atom is 0.227 e. The van der Waals surface area contributed by atoms with Crippen molar-refractivity contribution in [2.24, 2.45) is 5.92 Å². The number of nitrogen functional groups attached to an aromatic ring is 1. The molecule has 126 valence electrons. The van der Waals surface area contributed by atoms with E-state index >= 15 is 0 Å². The number of nitriles is 1. The van der Waals surface area contributed by atoms with Crippen LogP contribution in [0.15, 0.2) is 42.6 Å². The molecule has 1 atom stereocenters. The average Bonchev–Trinajstić information content (AvgIpc) is 3.43. The summed E-state index contributed by atoms with van der Waals surface area (Å²) in [6.45, 7) is 0.418. The van der Waals surface area contributed by atoms with Gasteiger partial charge >= 0.3 is 0 Å². The highest BCUT2D eigenvalue weighted by molar-refractivity contribution is 5.93. The number of benzene rings is 1. The van der Waals surface area contributed by atoms with Crippen LogP contribution in [0, 0.1) is 17.2 Å². The van der Waals surface area contributed by atoms with Gasteiger partial charge in [0.25, 0.3) is 0 Å². The smallest absolute Gasteiger partial charge is 0.227 e. The van der Waals surface area contributed by atoms with Gasteiger partial charge in [-0.25, -0.2) is 4.98 Å². The molecule has 0 spiro atoms. The molecule has 1 aliphatic carbocycles. The van der Waals surface area contributed by atoms with E-state index in [0.29, 0.717) is 30.6 Å². The van der Waals surface area contributed by atoms with Crippen molar-refractivity contribution in [2.45, 2.75) is 31.9 Å². The number of nitrogens with two attached hydrogens (primary N) is 1. The number of rotatable bonds is 6. The van der Waals surface area contributed by atoms with Gasteiger partial charge in [-0.3, -0.25) is 4.68 Å². The van der Waals surface area contributed by atoms with E-state index in [2.05, 4.69) is 16.2 Å². The van der Waals surface area contributed by atoms with E-state index in [9.17, 15) is 0 Å². The number of nitrogens with zero attached hydrogens (tertiary/aromatic N) is 4. The van der Waals surface area contributed by atoms with Gasteiger partial charge in [0.1, 0.15) is 12.0 Å². The first-order valence-corrected chi connectivity index (χ1v) is 8.44. The van der Waals surface area contributed by atoms with Crippen molar-refractivity contribution >= 4 is 16.7 Å². The number of aromatic nitrogens is 3. The molecule has 1 aromatic carbocycles. The lowest BCUT2D eigenvalue weighted by Crippen LogP contribution is -2.12. The molecule has 0 aliphatic heterocycles. The summed E-state index contributed by atoms with van der Waals surface area (Å²) in [7, 11) is 0. The molecule has 0 amide bonds. The van der Waals surface area contributed by atoms with E-state index in [1.807, 2.05) is 41.1 Å². The Labute approximate surface area is 145 Å². The van der Waals surface area contributed by atoms with Crippen LogP contribution in [0.25, 0.3) is 10.9 Å². The van der Waals surface area contributed by atoms with E-state index in [4.69, 9.17) is 15.7 Å². The Morgan fingerprint density at radius 3 is 2.80 bits per heavy atom. The van der Waals surface area contributed by atoms with Crippen LogP contribution in [0.4, 0.5) is 5.82 Å². The summed E-state index contributed by atoms with van der Waals surface area (Å²) >= 11 is 0. The highest BCUT2D eigenvalue weighted by Gasteiger charge is 2.34. The first kappa shape index (κ1) is 15.5. The molecule has 0 saturated heterocycles. The second kappa shape index (κ2) is 6.44. The van der Waals surface area contributed by atoms with Gasteiger partial charge < -0.3 is 10.5 Å². The lowest BCUT2D eigenvalue weighted by molar-refractivity contribution is 0.298. The van der Waals surface area contributed by atoms with Gasteiger partial charge in [0.15, 0.2) is 5.82 Å². The molecule has 0 radical (unpaired) electrons. The summed E-state index contributed by atoms with van der Waals surface area (Å²) in [6.07, 6.45) is 4.41. The van der Waals surface area contributed by atoms with Crippen LogP contribution >= 0.6 is 0 Å². The molecular weight excluding hydrogens is 314 g/mol. The Kier molecular flexibility index (Phi) is 3.98. The molecule has 1 fully saturated rings. The number of hydrogen-bond donors (Lipinski definition) is 1. The van der Waals surface area contributed by atoms with Crippen LogP contribution in [-0.4, -0.2) is 14.8 Å². The number of pyridine rings is 1. The summed E-state index contributed by atoms with van der Waals surface area (Å²) in [4.78, 5) is 4.34. The monoisotopic (exact) mass is 333 g/mol. The van der Waals surface area contributed by atoms with E-state index < -0.39 is 0 Å². The zero-order valence-corrected chi connectivity index (χ0v) is 13.8. The number of anilines is 1. The maximum absolute atomic E-state index is 9.16. The minimum Gasteiger partial charge on any atom is -0.472 e. The van der Waals surface area contributed by atoms with E-state index in [1.165, 1.54) is 0 Å². The molecule has 2 heterocycles. The van der Waals surface area contributed by atoms with Crippen molar-refractivity contribution in [1.82, 2.24) is 14.8 Å². The topological polar surface area (TPSA) is 89.8 Å². The molecule has 0 unspecified atom stereocenters. The fraction of sp³-hybridized carbons (Fsp3) is 0.316. The number of ether oxygens (including phenoxy) is 1. The van der Waals surface area contributed by atoms with Crippen LogP contribution < -0.4 is 10.5 Å². The van der Waals surface area contributed by atoms with Crippen molar-refractivity contribution in [3.05, 3.63) is 48.2 Å². The van der Waals surface area contributed by atoms with Crippen LogP contribution in [0.3, 0.4) is 0 Å². The normalized spacial score (nSPS) is 15.0. The van der Waals surface area contributed by atoms with Gasteiger partial charge in [-0.05, 0) is 30.4 Å². The Bertz CT molecular complexity index is 924.